The highest BCUT2D eigenvalue weighted by Crippen LogP contribution is 2.41. The van der Waals surface area contributed by atoms with E-state index in [2.05, 4.69) is 20.1 Å². The van der Waals surface area contributed by atoms with Crippen LogP contribution in [0.15, 0.2) is 48.5 Å². The van der Waals surface area contributed by atoms with Crippen molar-refractivity contribution in [3.05, 3.63) is 59.4 Å². The van der Waals surface area contributed by atoms with Crippen LogP contribution in [0.1, 0.15) is 38.5 Å². The first-order chi connectivity index (χ1) is 19.6. The lowest BCUT2D eigenvalue weighted by molar-refractivity contribution is 0.201. The van der Waals surface area contributed by atoms with Gasteiger partial charge in [-0.1, -0.05) is 60.5 Å². The number of nitrogens with one attached hydrogen (secondary N) is 1. The topological polar surface area (TPSA) is 53.5 Å². The van der Waals surface area contributed by atoms with Crippen LogP contribution in [0.2, 0.25) is 5.02 Å². The summed E-state index contributed by atoms with van der Waals surface area (Å²) in [5.74, 6) is 0.276. The number of benzene rings is 3. The number of nitrogens with zero attached hydrogens (tertiary/aromatic N) is 4. The molecule has 8 heteroatoms. The Labute approximate surface area is 239 Å². The molecule has 4 aromatic rings. The van der Waals surface area contributed by atoms with Gasteiger partial charge in [-0.2, -0.15) is 9.97 Å². The number of halogens is 2. The SMILES string of the molecule is Fc1c(-c2cccc3ccccc23)c(Cl)cc2c(N3CC4CCC(C3)N4)nc(OCCCN3CCCCC3)nc12. The third-order valence-corrected chi connectivity index (χ3v) is 9.01. The Bertz CT molecular complexity index is 1520. The summed E-state index contributed by atoms with van der Waals surface area (Å²) in [6, 6.07) is 16.8. The van der Waals surface area contributed by atoms with E-state index in [0.29, 0.717) is 40.5 Å². The second-order valence-corrected chi connectivity index (χ2v) is 11.9. The monoisotopic (exact) mass is 559 g/mol. The molecule has 3 aliphatic rings. The predicted molar refractivity (Wildman–Crippen MR) is 160 cm³/mol. The number of rotatable bonds is 7. The van der Waals surface area contributed by atoms with E-state index in [-0.39, 0.29) is 11.5 Å². The van der Waals surface area contributed by atoms with Crippen molar-refractivity contribution in [2.75, 3.05) is 44.2 Å². The minimum atomic E-state index is -0.432. The Hall–Kier alpha value is -3.00. The minimum absolute atomic E-state index is 0.233. The van der Waals surface area contributed by atoms with Crippen molar-refractivity contribution in [3.63, 3.8) is 0 Å². The zero-order valence-corrected chi connectivity index (χ0v) is 23.5. The van der Waals surface area contributed by atoms with Crippen LogP contribution in [0.3, 0.4) is 0 Å². The van der Waals surface area contributed by atoms with Crippen LogP contribution < -0.4 is 15.0 Å². The standard InChI is InChI=1S/C32H35ClFN5O/c33-27-18-26-30(29(34)28(27)25-11-6-9-21-8-2-3-10-24(21)25)36-32(40-17-7-16-38-14-4-1-5-15-38)37-31(26)39-19-22-12-13-23(20-39)35-22/h2-3,6,8-11,18,22-23,35H,1,4-5,7,12-17,19-20H2. The number of piperazine rings is 1. The molecule has 6 nitrogen and oxygen atoms in total. The van der Waals surface area contributed by atoms with Crippen LogP contribution in [0.5, 0.6) is 6.01 Å². The van der Waals surface area contributed by atoms with E-state index in [1.54, 1.807) is 0 Å². The normalized spacial score (nSPS) is 21.4. The van der Waals surface area contributed by atoms with Gasteiger partial charge in [-0.15, -0.1) is 0 Å². The van der Waals surface area contributed by atoms with Gasteiger partial charge in [0, 0.05) is 42.7 Å². The molecule has 0 aliphatic carbocycles. The summed E-state index contributed by atoms with van der Waals surface area (Å²) in [6.07, 6.45) is 7.04. The lowest BCUT2D eigenvalue weighted by Crippen LogP contribution is -2.51. The van der Waals surface area contributed by atoms with Gasteiger partial charge in [0.15, 0.2) is 5.82 Å². The van der Waals surface area contributed by atoms with Gasteiger partial charge in [0.05, 0.1) is 11.6 Å². The van der Waals surface area contributed by atoms with Crippen LogP contribution in [-0.4, -0.2) is 66.3 Å². The number of hydrogen-bond donors (Lipinski definition) is 1. The number of likely N-dealkylation sites (tertiary alicyclic amines) is 1. The molecule has 40 heavy (non-hydrogen) atoms. The summed E-state index contributed by atoms with van der Waals surface area (Å²) in [7, 11) is 0. The van der Waals surface area contributed by atoms with Crippen LogP contribution in [0.4, 0.5) is 10.2 Å². The fourth-order valence-electron chi connectivity index (χ4n) is 6.76. The van der Waals surface area contributed by atoms with Crippen molar-refractivity contribution < 1.29 is 9.13 Å². The Balaban J connectivity index is 1.28. The van der Waals surface area contributed by atoms with Crippen molar-refractivity contribution in [1.29, 1.82) is 0 Å². The summed E-state index contributed by atoms with van der Waals surface area (Å²) in [6.45, 7) is 5.45. The quantitative estimate of drug-likeness (QED) is 0.263. The first-order valence-electron chi connectivity index (χ1n) is 14.7. The van der Waals surface area contributed by atoms with Crippen molar-refractivity contribution in [1.82, 2.24) is 20.2 Å². The van der Waals surface area contributed by atoms with E-state index in [1.165, 1.54) is 19.3 Å². The van der Waals surface area contributed by atoms with Gasteiger partial charge in [0.25, 0.3) is 0 Å². The molecule has 1 N–H and O–H groups in total. The maximum atomic E-state index is 16.6. The lowest BCUT2D eigenvalue weighted by atomic mass is 9.96. The Morgan fingerprint density at radius 3 is 2.55 bits per heavy atom. The Morgan fingerprint density at radius 1 is 0.950 bits per heavy atom. The summed E-state index contributed by atoms with van der Waals surface area (Å²) in [4.78, 5) is 14.3. The number of ether oxygens (including phenoxy) is 1. The van der Waals surface area contributed by atoms with E-state index in [0.717, 1.165) is 68.3 Å². The van der Waals surface area contributed by atoms with Gasteiger partial charge in [0.2, 0.25) is 0 Å². The molecular weight excluding hydrogens is 525 g/mol. The molecule has 208 valence electrons. The number of aromatic nitrogens is 2. The predicted octanol–water partition coefficient (Wildman–Crippen LogP) is 6.44. The van der Waals surface area contributed by atoms with Gasteiger partial charge < -0.3 is 19.9 Å². The molecular formula is C32H35ClFN5O. The third kappa shape index (κ3) is 5.00. The molecule has 3 aromatic carbocycles. The molecule has 2 bridgehead atoms. The van der Waals surface area contributed by atoms with Crippen LogP contribution in [0, 0.1) is 5.82 Å². The van der Waals surface area contributed by atoms with Crippen LogP contribution in [-0.2, 0) is 0 Å². The smallest absolute Gasteiger partial charge is 0.319 e. The number of fused-ring (bicyclic) bond motifs is 4. The second kappa shape index (κ2) is 11.1. The van der Waals surface area contributed by atoms with E-state index >= 15 is 4.39 Å². The molecule has 2 unspecified atom stereocenters. The summed E-state index contributed by atoms with van der Waals surface area (Å²) >= 11 is 6.88. The zero-order valence-electron chi connectivity index (χ0n) is 22.7. The largest absolute Gasteiger partial charge is 0.463 e. The zero-order chi connectivity index (χ0) is 27.1. The molecule has 0 spiro atoms. The summed E-state index contributed by atoms with van der Waals surface area (Å²) in [5.41, 5.74) is 1.38. The highest BCUT2D eigenvalue weighted by Gasteiger charge is 2.34. The molecule has 0 radical (unpaired) electrons. The highest BCUT2D eigenvalue weighted by molar-refractivity contribution is 6.35. The second-order valence-electron chi connectivity index (χ2n) is 11.4. The lowest BCUT2D eigenvalue weighted by Gasteiger charge is -2.34. The van der Waals surface area contributed by atoms with Gasteiger partial charge in [-0.3, -0.25) is 0 Å². The van der Waals surface area contributed by atoms with Crippen molar-refractivity contribution in [2.24, 2.45) is 0 Å². The third-order valence-electron chi connectivity index (χ3n) is 8.72. The highest BCUT2D eigenvalue weighted by atomic mass is 35.5. The summed E-state index contributed by atoms with van der Waals surface area (Å²) in [5, 5.41) is 6.65. The van der Waals surface area contributed by atoms with Crippen LogP contribution >= 0.6 is 11.6 Å². The maximum absolute atomic E-state index is 16.6. The molecule has 3 fully saturated rings. The maximum Gasteiger partial charge on any atom is 0.319 e. The van der Waals surface area contributed by atoms with Gasteiger partial charge in [-0.05, 0) is 67.6 Å². The first kappa shape index (κ1) is 25.9. The number of anilines is 1. The molecule has 0 saturated carbocycles. The molecule has 3 saturated heterocycles. The van der Waals surface area contributed by atoms with Crippen molar-refractivity contribution in [3.8, 4) is 17.1 Å². The van der Waals surface area contributed by atoms with E-state index < -0.39 is 5.82 Å². The average molecular weight is 560 g/mol. The fraction of sp³-hybridized carbons (Fsp3) is 0.438. The molecule has 4 heterocycles. The summed E-state index contributed by atoms with van der Waals surface area (Å²) < 4.78 is 22.7. The fourth-order valence-corrected chi connectivity index (χ4v) is 7.05. The molecule has 1 aromatic heterocycles. The van der Waals surface area contributed by atoms with Gasteiger partial charge in [-0.25, -0.2) is 4.39 Å². The van der Waals surface area contributed by atoms with E-state index in [9.17, 15) is 0 Å². The number of piperidine rings is 1. The molecule has 7 rings (SSSR count). The number of hydrogen-bond acceptors (Lipinski definition) is 6. The van der Waals surface area contributed by atoms with Crippen molar-refractivity contribution in [2.45, 2.75) is 50.6 Å². The van der Waals surface area contributed by atoms with Gasteiger partial charge in [0.1, 0.15) is 11.3 Å². The molecule has 2 atom stereocenters. The van der Waals surface area contributed by atoms with Crippen LogP contribution in [0.25, 0.3) is 32.8 Å². The van der Waals surface area contributed by atoms with E-state index in [4.69, 9.17) is 21.3 Å². The van der Waals surface area contributed by atoms with Crippen molar-refractivity contribution >= 4 is 39.1 Å². The average Bonchev–Trinajstić information content (AvgIpc) is 3.33. The van der Waals surface area contributed by atoms with Gasteiger partial charge >= 0.3 is 6.01 Å². The molecule has 0 amide bonds. The Morgan fingerprint density at radius 2 is 1.73 bits per heavy atom. The first-order valence-corrected chi connectivity index (χ1v) is 15.1. The Kier molecular flexibility index (Phi) is 7.20. The van der Waals surface area contributed by atoms with E-state index in [1.807, 2.05) is 48.5 Å². The minimum Gasteiger partial charge on any atom is -0.463 e. The molecule has 3 aliphatic heterocycles.